The van der Waals surface area contributed by atoms with E-state index < -0.39 is 0 Å². The van der Waals surface area contributed by atoms with Crippen LogP contribution in [-0.4, -0.2) is 11.9 Å². The van der Waals surface area contributed by atoms with Crippen molar-refractivity contribution in [3.05, 3.63) is 66.2 Å². The van der Waals surface area contributed by atoms with Crippen LogP contribution in [0.5, 0.6) is 0 Å². The number of benzene rings is 2. The van der Waals surface area contributed by atoms with Gasteiger partial charge in [-0.2, -0.15) is 0 Å². The van der Waals surface area contributed by atoms with Crippen molar-refractivity contribution in [1.82, 2.24) is 5.32 Å². The summed E-state index contributed by atoms with van der Waals surface area (Å²) in [5, 5.41) is 17.8. The summed E-state index contributed by atoms with van der Waals surface area (Å²) < 4.78 is 0. The molecule has 0 unspecified atom stereocenters. The van der Waals surface area contributed by atoms with E-state index in [0.29, 0.717) is 6.54 Å². The predicted molar refractivity (Wildman–Crippen MR) is 89.1 cm³/mol. The van der Waals surface area contributed by atoms with E-state index in [9.17, 15) is 0 Å². The summed E-state index contributed by atoms with van der Waals surface area (Å²) in [5.41, 5.74) is 7.25. The highest BCUT2D eigenvalue weighted by atomic mass is 35.5. The fraction of sp³-hybridized carbons (Fsp3) is 0.0667. The first-order valence-electron chi connectivity index (χ1n) is 6.23. The molecule has 5 N–H and O–H groups in total. The lowest BCUT2D eigenvalue weighted by atomic mass is 10.2. The first kappa shape index (κ1) is 16.5. The zero-order valence-corrected chi connectivity index (χ0v) is 12.2. The van der Waals surface area contributed by atoms with Crippen LogP contribution in [0.4, 0.5) is 5.69 Å². The number of hydrogen-bond donors (Lipinski definition) is 4. The van der Waals surface area contributed by atoms with Gasteiger partial charge < -0.3 is 10.6 Å². The summed E-state index contributed by atoms with van der Waals surface area (Å²) >= 11 is 0. The molecule has 21 heavy (non-hydrogen) atoms. The van der Waals surface area contributed by atoms with Crippen LogP contribution in [0.2, 0.25) is 0 Å². The van der Waals surface area contributed by atoms with E-state index in [4.69, 9.17) is 16.6 Å². The van der Waals surface area contributed by atoms with E-state index in [0.717, 1.165) is 11.3 Å². The van der Waals surface area contributed by atoms with Gasteiger partial charge in [0, 0.05) is 5.69 Å². The summed E-state index contributed by atoms with van der Waals surface area (Å²) in [6, 6.07) is 19.4. The molecule has 0 radical (unpaired) electrons. The Balaban J connectivity index is 0.00000220. The number of halogens is 1. The molecule has 0 aromatic heterocycles. The molecule has 110 valence electrons. The van der Waals surface area contributed by atoms with Gasteiger partial charge in [-0.05, 0) is 17.7 Å². The number of rotatable bonds is 3. The molecule has 2 rings (SSSR count). The molecule has 0 spiro atoms. The summed E-state index contributed by atoms with van der Waals surface area (Å²) in [5.74, 6) is -0.170. The quantitative estimate of drug-likeness (QED) is 0.519. The second kappa shape index (κ2) is 7.91. The van der Waals surface area contributed by atoms with Crippen molar-refractivity contribution in [2.75, 3.05) is 4.90 Å². The third kappa shape index (κ3) is 4.81. The molecule has 2 aromatic rings. The van der Waals surface area contributed by atoms with Gasteiger partial charge in [0.25, 0.3) is 0 Å². The van der Waals surface area contributed by atoms with Crippen molar-refractivity contribution in [2.45, 2.75) is 6.54 Å². The van der Waals surface area contributed by atoms with E-state index in [2.05, 4.69) is 5.32 Å². The highest BCUT2D eigenvalue weighted by Crippen LogP contribution is 2.16. The summed E-state index contributed by atoms with van der Waals surface area (Å²) in [4.78, 5) is 1.76. The Morgan fingerprint density at radius 2 is 1.48 bits per heavy atom. The van der Waals surface area contributed by atoms with Crippen molar-refractivity contribution in [2.24, 2.45) is 5.73 Å². The smallest absolute Gasteiger partial charge is 0.202 e. The minimum Gasteiger partial charge on any atom is -0.370 e. The minimum absolute atomic E-state index is 0. The van der Waals surface area contributed by atoms with Crippen LogP contribution in [0.3, 0.4) is 0 Å². The van der Waals surface area contributed by atoms with Crippen molar-refractivity contribution in [3.8, 4) is 0 Å². The topological polar surface area (TPSA) is 89.0 Å². The Kier molecular flexibility index (Phi) is 6.23. The fourth-order valence-corrected chi connectivity index (χ4v) is 1.87. The normalized spacial score (nSPS) is 9.33. The molecule has 0 heterocycles. The highest BCUT2D eigenvalue weighted by Gasteiger charge is 2.13. The van der Waals surface area contributed by atoms with Gasteiger partial charge >= 0.3 is 0 Å². The average molecular weight is 304 g/mol. The maximum Gasteiger partial charge on any atom is 0.202 e. The summed E-state index contributed by atoms with van der Waals surface area (Å²) in [6.07, 6.45) is 0. The SMILES string of the molecule is Cl.N=C(N)NC(=N)N(Cc1ccccc1)c1ccccc1. The largest absolute Gasteiger partial charge is 0.370 e. The molecule has 0 atom stereocenters. The molecule has 0 fully saturated rings. The Hall–Kier alpha value is -2.53. The number of nitrogens with zero attached hydrogens (tertiary/aromatic N) is 1. The number of para-hydroxylation sites is 1. The van der Waals surface area contributed by atoms with Crippen LogP contribution in [0.15, 0.2) is 60.7 Å². The van der Waals surface area contributed by atoms with Gasteiger partial charge in [0.1, 0.15) is 0 Å². The van der Waals surface area contributed by atoms with E-state index in [1.807, 2.05) is 60.7 Å². The van der Waals surface area contributed by atoms with Gasteiger partial charge in [-0.3, -0.25) is 16.1 Å². The lowest BCUT2D eigenvalue weighted by Crippen LogP contribution is -2.45. The standard InChI is InChI=1S/C15H17N5.ClH/c16-14(17)19-15(18)20(13-9-5-2-6-10-13)11-12-7-3-1-4-8-12;/h1-10H,11H2,(H5,16,17,18,19);1H. The molecule has 2 aromatic carbocycles. The van der Waals surface area contributed by atoms with Crippen molar-refractivity contribution in [3.63, 3.8) is 0 Å². The third-order valence-corrected chi connectivity index (χ3v) is 2.77. The molecule has 5 nitrogen and oxygen atoms in total. The monoisotopic (exact) mass is 303 g/mol. The molecule has 0 aliphatic heterocycles. The van der Waals surface area contributed by atoms with Crippen LogP contribution in [0.25, 0.3) is 0 Å². The number of anilines is 1. The first-order chi connectivity index (χ1) is 9.66. The number of nitrogens with two attached hydrogens (primary N) is 1. The first-order valence-corrected chi connectivity index (χ1v) is 6.23. The second-order valence-electron chi connectivity index (χ2n) is 4.29. The molecular weight excluding hydrogens is 286 g/mol. The van der Waals surface area contributed by atoms with E-state index in [1.54, 1.807) is 4.90 Å². The van der Waals surface area contributed by atoms with Gasteiger partial charge in [-0.15, -0.1) is 12.4 Å². The van der Waals surface area contributed by atoms with Gasteiger partial charge in [-0.25, -0.2) is 0 Å². The Morgan fingerprint density at radius 3 is 2.00 bits per heavy atom. The van der Waals surface area contributed by atoms with E-state index >= 15 is 0 Å². The number of hydrogen-bond acceptors (Lipinski definition) is 2. The molecule has 6 heteroatoms. The van der Waals surface area contributed by atoms with Gasteiger partial charge in [0.15, 0.2) is 5.96 Å². The summed E-state index contributed by atoms with van der Waals surface area (Å²) in [7, 11) is 0. The highest BCUT2D eigenvalue weighted by molar-refractivity contribution is 6.03. The van der Waals surface area contributed by atoms with Crippen LogP contribution >= 0.6 is 12.4 Å². The van der Waals surface area contributed by atoms with Gasteiger partial charge in [-0.1, -0.05) is 48.5 Å². The molecule has 0 amide bonds. The maximum atomic E-state index is 8.06. The van der Waals surface area contributed by atoms with Crippen LogP contribution in [0, 0.1) is 10.8 Å². The average Bonchev–Trinajstić information content (AvgIpc) is 2.46. The zero-order valence-electron chi connectivity index (χ0n) is 11.4. The summed E-state index contributed by atoms with van der Waals surface area (Å²) in [6.45, 7) is 0.532. The molecule has 0 saturated carbocycles. The predicted octanol–water partition coefficient (Wildman–Crippen LogP) is 2.53. The van der Waals surface area contributed by atoms with Crippen molar-refractivity contribution < 1.29 is 0 Å². The molecular formula is C15H18ClN5. The Bertz CT molecular complexity index is 586. The number of guanidine groups is 2. The molecule has 0 bridgehead atoms. The van der Waals surface area contributed by atoms with Crippen LogP contribution in [-0.2, 0) is 6.54 Å². The number of nitrogens with one attached hydrogen (secondary N) is 3. The van der Waals surface area contributed by atoms with Crippen molar-refractivity contribution in [1.29, 1.82) is 10.8 Å². The Morgan fingerprint density at radius 1 is 0.952 bits per heavy atom. The lowest BCUT2D eigenvalue weighted by Gasteiger charge is -2.25. The minimum atomic E-state index is -0.246. The van der Waals surface area contributed by atoms with E-state index in [-0.39, 0.29) is 24.3 Å². The lowest BCUT2D eigenvalue weighted by molar-refractivity contribution is 0.961. The molecule has 0 saturated heterocycles. The fourth-order valence-electron chi connectivity index (χ4n) is 1.87. The van der Waals surface area contributed by atoms with Crippen LogP contribution < -0.4 is 16.0 Å². The zero-order chi connectivity index (χ0) is 14.4. The maximum absolute atomic E-state index is 8.06. The molecule has 0 aliphatic rings. The Labute approximate surface area is 130 Å². The second-order valence-corrected chi connectivity index (χ2v) is 4.29. The third-order valence-electron chi connectivity index (χ3n) is 2.77. The van der Waals surface area contributed by atoms with Gasteiger partial charge in [0.2, 0.25) is 5.96 Å². The van der Waals surface area contributed by atoms with Crippen LogP contribution in [0.1, 0.15) is 5.56 Å². The van der Waals surface area contributed by atoms with Crippen molar-refractivity contribution >= 4 is 30.0 Å². The van der Waals surface area contributed by atoms with Gasteiger partial charge in [0.05, 0.1) is 6.54 Å². The molecule has 0 aliphatic carbocycles. The van der Waals surface area contributed by atoms with E-state index in [1.165, 1.54) is 0 Å².